The zero-order chi connectivity index (χ0) is 19.6. The molecular formula is C18H20BrClN4O2S. The molecule has 1 aliphatic heterocycles. The number of halogens is 2. The summed E-state index contributed by atoms with van der Waals surface area (Å²) in [6, 6.07) is 8.88. The zero-order valence-electron chi connectivity index (χ0n) is 14.9. The van der Waals surface area contributed by atoms with Gasteiger partial charge in [0.2, 0.25) is 5.91 Å². The standard InChI is InChI=1S/C18H20BrClN4O2S/c1-18(2,23-16(25)14-6-7-15(19)27-14)17(26)22-11-4-5-13(12(20)10-11)24-9-3-8-21-24/h4-7,10,21H,3,8-9H2,1-2H3,(H,22,26)(H,23,25). The predicted octanol–water partition coefficient (Wildman–Crippen LogP) is 4.03. The molecule has 1 saturated heterocycles. The second kappa shape index (κ2) is 8.18. The van der Waals surface area contributed by atoms with Crippen LogP contribution in [0, 0.1) is 0 Å². The average molecular weight is 472 g/mol. The Bertz CT molecular complexity index is 865. The van der Waals surface area contributed by atoms with E-state index in [1.807, 2.05) is 11.1 Å². The molecule has 0 unspecified atom stereocenters. The topological polar surface area (TPSA) is 73.5 Å². The highest BCUT2D eigenvalue weighted by Gasteiger charge is 2.30. The molecule has 1 aromatic carbocycles. The lowest BCUT2D eigenvalue weighted by Crippen LogP contribution is -2.52. The number of hydrogen-bond acceptors (Lipinski definition) is 5. The maximum Gasteiger partial charge on any atom is 0.262 e. The number of rotatable bonds is 5. The fraction of sp³-hybridized carbons (Fsp3) is 0.333. The van der Waals surface area contributed by atoms with Crippen molar-refractivity contribution in [3.05, 3.63) is 44.0 Å². The van der Waals surface area contributed by atoms with Gasteiger partial charge in [-0.05, 0) is 66.5 Å². The van der Waals surface area contributed by atoms with Crippen LogP contribution in [0.5, 0.6) is 0 Å². The first-order chi connectivity index (χ1) is 12.8. The molecule has 1 fully saturated rings. The summed E-state index contributed by atoms with van der Waals surface area (Å²) in [5.41, 5.74) is 3.62. The fourth-order valence-electron chi connectivity index (χ4n) is 2.67. The molecule has 0 bridgehead atoms. The van der Waals surface area contributed by atoms with E-state index in [1.165, 1.54) is 11.3 Å². The molecule has 6 nitrogen and oxygen atoms in total. The molecule has 2 amide bonds. The number of hydrogen-bond donors (Lipinski definition) is 3. The van der Waals surface area contributed by atoms with Crippen molar-refractivity contribution >= 4 is 62.1 Å². The molecule has 0 spiro atoms. The molecule has 3 N–H and O–H groups in total. The summed E-state index contributed by atoms with van der Waals surface area (Å²) >= 11 is 11.0. The number of amides is 2. The number of carbonyl (C=O) groups is 2. The number of anilines is 2. The smallest absolute Gasteiger partial charge is 0.262 e. The Kier molecular flexibility index (Phi) is 6.10. The summed E-state index contributed by atoms with van der Waals surface area (Å²) < 4.78 is 0.858. The molecule has 0 aliphatic carbocycles. The summed E-state index contributed by atoms with van der Waals surface area (Å²) in [7, 11) is 0. The van der Waals surface area contributed by atoms with Gasteiger partial charge in [0.25, 0.3) is 5.91 Å². The SMILES string of the molecule is CC(C)(NC(=O)c1ccc(Br)s1)C(=O)Nc1ccc(N2CCCN2)c(Cl)c1. The first-order valence-corrected chi connectivity index (χ1v) is 10.4. The maximum absolute atomic E-state index is 12.7. The number of benzene rings is 1. The summed E-state index contributed by atoms with van der Waals surface area (Å²) in [5, 5.41) is 8.13. The summed E-state index contributed by atoms with van der Waals surface area (Å²) in [6.45, 7) is 5.13. The third-order valence-electron chi connectivity index (χ3n) is 4.15. The summed E-state index contributed by atoms with van der Waals surface area (Å²) in [6.07, 6.45) is 1.06. The highest BCUT2D eigenvalue weighted by Crippen LogP contribution is 2.29. The third kappa shape index (κ3) is 4.82. The highest BCUT2D eigenvalue weighted by molar-refractivity contribution is 9.11. The Balaban J connectivity index is 1.66. The van der Waals surface area contributed by atoms with Crippen molar-refractivity contribution < 1.29 is 9.59 Å². The summed E-state index contributed by atoms with van der Waals surface area (Å²) in [5.74, 6) is -0.617. The lowest BCUT2D eigenvalue weighted by Gasteiger charge is -2.25. The van der Waals surface area contributed by atoms with Crippen molar-refractivity contribution in [2.75, 3.05) is 23.4 Å². The van der Waals surface area contributed by atoms with Gasteiger partial charge in [-0.2, -0.15) is 0 Å². The lowest BCUT2D eigenvalue weighted by atomic mass is 10.0. The van der Waals surface area contributed by atoms with Crippen LogP contribution in [0.1, 0.15) is 29.9 Å². The van der Waals surface area contributed by atoms with Crippen molar-refractivity contribution in [2.45, 2.75) is 25.8 Å². The predicted molar refractivity (Wildman–Crippen MR) is 114 cm³/mol. The molecule has 1 aliphatic rings. The van der Waals surface area contributed by atoms with Gasteiger partial charge in [-0.15, -0.1) is 11.3 Å². The van der Waals surface area contributed by atoms with E-state index in [0.717, 1.165) is 29.0 Å². The van der Waals surface area contributed by atoms with E-state index >= 15 is 0 Å². The van der Waals surface area contributed by atoms with Crippen LogP contribution in [0.4, 0.5) is 11.4 Å². The minimum atomic E-state index is -1.09. The van der Waals surface area contributed by atoms with Crippen molar-refractivity contribution in [3.63, 3.8) is 0 Å². The monoisotopic (exact) mass is 470 g/mol. The van der Waals surface area contributed by atoms with Crippen LogP contribution in [0.2, 0.25) is 5.02 Å². The molecule has 2 heterocycles. The average Bonchev–Trinajstić information content (AvgIpc) is 3.26. The molecule has 1 aromatic heterocycles. The maximum atomic E-state index is 12.7. The van der Waals surface area contributed by atoms with E-state index in [-0.39, 0.29) is 11.8 Å². The van der Waals surface area contributed by atoms with E-state index in [9.17, 15) is 9.59 Å². The van der Waals surface area contributed by atoms with E-state index in [1.54, 1.807) is 38.1 Å². The van der Waals surface area contributed by atoms with E-state index in [2.05, 4.69) is 32.0 Å². The van der Waals surface area contributed by atoms with Crippen molar-refractivity contribution in [3.8, 4) is 0 Å². The van der Waals surface area contributed by atoms with Crippen LogP contribution in [-0.4, -0.2) is 30.4 Å². The van der Waals surface area contributed by atoms with Crippen LogP contribution in [0.15, 0.2) is 34.1 Å². The largest absolute Gasteiger partial charge is 0.337 e. The zero-order valence-corrected chi connectivity index (χ0v) is 18.1. The van der Waals surface area contributed by atoms with Gasteiger partial charge >= 0.3 is 0 Å². The van der Waals surface area contributed by atoms with Crippen molar-refractivity contribution in [1.29, 1.82) is 0 Å². The van der Waals surface area contributed by atoms with E-state index < -0.39 is 5.54 Å². The Hall–Kier alpha value is -1.61. The number of nitrogens with one attached hydrogen (secondary N) is 3. The number of hydrazine groups is 1. The molecule has 0 radical (unpaired) electrons. The van der Waals surface area contributed by atoms with Gasteiger partial charge in [0.15, 0.2) is 0 Å². The van der Waals surface area contributed by atoms with Crippen LogP contribution in [0.3, 0.4) is 0 Å². The molecule has 2 aromatic rings. The molecular weight excluding hydrogens is 452 g/mol. The van der Waals surface area contributed by atoms with Gasteiger partial charge in [0, 0.05) is 18.8 Å². The van der Waals surface area contributed by atoms with Gasteiger partial charge in [0.1, 0.15) is 5.54 Å². The molecule has 144 valence electrons. The highest BCUT2D eigenvalue weighted by atomic mass is 79.9. The Morgan fingerprint density at radius 1 is 1.30 bits per heavy atom. The molecule has 0 saturated carbocycles. The Morgan fingerprint density at radius 2 is 2.07 bits per heavy atom. The van der Waals surface area contributed by atoms with E-state index in [0.29, 0.717) is 15.6 Å². The minimum absolute atomic E-state index is 0.292. The molecule has 3 rings (SSSR count). The van der Waals surface area contributed by atoms with Gasteiger partial charge < -0.3 is 15.6 Å². The van der Waals surface area contributed by atoms with Gasteiger partial charge in [-0.25, -0.2) is 5.43 Å². The number of nitrogens with zero attached hydrogens (tertiary/aromatic N) is 1. The molecule has 9 heteroatoms. The van der Waals surface area contributed by atoms with Gasteiger partial charge in [-0.1, -0.05) is 11.6 Å². The second-order valence-electron chi connectivity index (χ2n) is 6.72. The van der Waals surface area contributed by atoms with Gasteiger partial charge in [0.05, 0.1) is 19.4 Å². The van der Waals surface area contributed by atoms with E-state index in [4.69, 9.17) is 11.6 Å². The lowest BCUT2D eigenvalue weighted by molar-refractivity contribution is -0.120. The normalized spacial score (nSPS) is 14.3. The van der Waals surface area contributed by atoms with Crippen LogP contribution in [0.25, 0.3) is 0 Å². The Labute approximate surface area is 175 Å². The minimum Gasteiger partial charge on any atom is -0.337 e. The summed E-state index contributed by atoms with van der Waals surface area (Å²) in [4.78, 5) is 25.5. The van der Waals surface area contributed by atoms with Crippen LogP contribution >= 0.6 is 38.9 Å². The van der Waals surface area contributed by atoms with Crippen molar-refractivity contribution in [1.82, 2.24) is 10.7 Å². The third-order valence-corrected chi connectivity index (χ3v) is 6.07. The molecule has 27 heavy (non-hydrogen) atoms. The number of thiophene rings is 1. The molecule has 0 atom stereocenters. The Morgan fingerprint density at radius 3 is 2.67 bits per heavy atom. The van der Waals surface area contributed by atoms with Crippen LogP contribution < -0.4 is 21.1 Å². The fourth-order valence-corrected chi connectivity index (χ4v) is 4.23. The quantitative estimate of drug-likeness (QED) is 0.616. The van der Waals surface area contributed by atoms with Gasteiger partial charge in [-0.3, -0.25) is 9.59 Å². The van der Waals surface area contributed by atoms with Crippen LogP contribution in [-0.2, 0) is 4.79 Å². The number of carbonyl (C=O) groups excluding carboxylic acids is 2. The van der Waals surface area contributed by atoms with Crippen molar-refractivity contribution in [2.24, 2.45) is 0 Å². The first-order valence-electron chi connectivity index (χ1n) is 8.46. The first kappa shape index (κ1) is 20.1. The second-order valence-corrected chi connectivity index (χ2v) is 9.59.